The first-order chi connectivity index (χ1) is 10.0. The summed E-state index contributed by atoms with van der Waals surface area (Å²) in [5.41, 5.74) is 1.14. The topological polar surface area (TPSA) is 70.6 Å². The van der Waals surface area contributed by atoms with E-state index in [2.05, 4.69) is 10.6 Å². The van der Waals surface area contributed by atoms with Gasteiger partial charge < -0.3 is 20.5 Å². The third-order valence-corrected chi connectivity index (χ3v) is 3.04. The van der Waals surface area contributed by atoms with Crippen molar-refractivity contribution < 1.29 is 14.6 Å². The number of hydrogen-bond acceptors (Lipinski definition) is 3. The molecule has 0 radical (unpaired) electrons. The van der Waals surface area contributed by atoms with E-state index in [1.165, 1.54) is 0 Å². The average molecular weight is 294 g/mol. The van der Waals surface area contributed by atoms with Gasteiger partial charge in [0.25, 0.3) is 0 Å². The molecule has 118 valence electrons. The maximum absolute atomic E-state index is 11.6. The smallest absolute Gasteiger partial charge is 0.315 e. The normalized spacial score (nSPS) is 12.0. The first-order valence-electron chi connectivity index (χ1n) is 7.46. The van der Waals surface area contributed by atoms with Gasteiger partial charge in [-0.15, -0.1) is 0 Å². The summed E-state index contributed by atoms with van der Waals surface area (Å²) in [7, 11) is 0. The molecule has 0 aliphatic heterocycles. The molecule has 0 aromatic heterocycles. The standard InChI is InChI=1S/C16H26N2O3/c1-4-14(11-19)18-16(20)17-10-9-13-5-7-15(8-6-13)21-12(2)3/h5-8,12,14,19H,4,9-11H2,1-3H3,(H2,17,18,20). The molecule has 21 heavy (non-hydrogen) atoms. The second kappa shape index (κ2) is 9.23. The Morgan fingerprint density at radius 3 is 2.48 bits per heavy atom. The molecule has 0 saturated carbocycles. The Labute approximate surface area is 126 Å². The number of carbonyl (C=O) groups excluding carboxylic acids is 1. The summed E-state index contributed by atoms with van der Waals surface area (Å²) in [5, 5.41) is 14.5. The molecule has 2 amide bonds. The molecule has 0 aliphatic rings. The lowest BCUT2D eigenvalue weighted by molar-refractivity contribution is 0.214. The minimum atomic E-state index is -0.240. The minimum absolute atomic E-state index is 0.0404. The SMILES string of the molecule is CCC(CO)NC(=O)NCCc1ccc(OC(C)C)cc1. The monoisotopic (exact) mass is 294 g/mol. The van der Waals surface area contributed by atoms with Gasteiger partial charge >= 0.3 is 6.03 Å². The van der Waals surface area contributed by atoms with Crippen molar-refractivity contribution in [2.24, 2.45) is 0 Å². The van der Waals surface area contributed by atoms with Crippen molar-refractivity contribution in [3.05, 3.63) is 29.8 Å². The number of aliphatic hydroxyl groups excluding tert-OH is 1. The van der Waals surface area contributed by atoms with Crippen molar-refractivity contribution in [3.63, 3.8) is 0 Å². The van der Waals surface area contributed by atoms with Crippen LogP contribution in [0.4, 0.5) is 4.79 Å². The lowest BCUT2D eigenvalue weighted by atomic mass is 10.1. The summed E-state index contributed by atoms with van der Waals surface area (Å²) in [5.74, 6) is 0.855. The molecule has 1 rings (SSSR count). The molecule has 3 N–H and O–H groups in total. The van der Waals surface area contributed by atoms with Crippen LogP contribution in [0.2, 0.25) is 0 Å². The first kappa shape index (κ1) is 17.3. The fourth-order valence-electron chi connectivity index (χ4n) is 1.84. The van der Waals surface area contributed by atoms with E-state index in [0.29, 0.717) is 13.0 Å². The molecule has 5 heteroatoms. The largest absolute Gasteiger partial charge is 0.491 e. The molecule has 5 nitrogen and oxygen atoms in total. The van der Waals surface area contributed by atoms with Crippen molar-refractivity contribution in [1.29, 1.82) is 0 Å². The highest BCUT2D eigenvalue weighted by atomic mass is 16.5. The van der Waals surface area contributed by atoms with Gasteiger partial charge in [0.2, 0.25) is 0 Å². The molecule has 0 fully saturated rings. The number of aliphatic hydroxyl groups is 1. The van der Waals surface area contributed by atoms with E-state index in [9.17, 15) is 4.79 Å². The van der Waals surface area contributed by atoms with Crippen LogP contribution in [-0.4, -0.2) is 36.4 Å². The zero-order chi connectivity index (χ0) is 15.7. The van der Waals surface area contributed by atoms with Crippen LogP contribution in [0.3, 0.4) is 0 Å². The fourth-order valence-corrected chi connectivity index (χ4v) is 1.84. The summed E-state index contributed by atoms with van der Waals surface area (Å²) in [6.07, 6.45) is 1.63. The van der Waals surface area contributed by atoms with Gasteiger partial charge in [0.15, 0.2) is 0 Å². The van der Waals surface area contributed by atoms with Gasteiger partial charge in [-0.25, -0.2) is 4.79 Å². The molecule has 1 atom stereocenters. The molecule has 0 heterocycles. The minimum Gasteiger partial charge on any atom is -0.491 e. The van der Waals surface area contributed by atoms with Gasteiger partial charge in [0.1, 0.15) is 5.75 Å². The van der Waals surface area contributed by atoms with Gasteiger partial charge in [0.05, 0.1) is 18.8 Å². The molecular formula is C16H26N2O3. The predicted octanol–water partition coefficient (Wildman–Crippen LogP) is 2.09. The Morgan fingerprint density at radius 2 is 1.95 bits per heavy atom. The lowest BCUT2D eigenvalue weighted by Gasteiger charge is -2.14. The second-order valence-electron chi connectivity index (χ2n) is 5.25. The molecule has 0 bridgehead atoms. The van der Waals surface area contributed by atoms with Gasteiger partial charge in [-0.3, -0.25) is 0 Å². The number of ether oxygens (including phenoxy) is 1. The lowest BCUT2D eigenvalue weighted by Crippen LogP contribution is -2.44. The molecule has 1 unspecified atom stereocenters. The predicted molar refractivity (Wildman–Crippen MR) is 83.6 cm³/mol. The van der Waals surface area contributed by atoms with Crippen LogP contribution in [0.15, 0.2) is 24.3 Å². The van der Waals surface area contributed by atoms with Crippen LogP contribution in [0.25, 0.3) is 0 Å². The number of carbonyl (C=O) groups is 1. The second-order valence-corrected chi connectivity index (χ2v) is 5.25. The van der Waals surface area contributed by atoms with Crippen molar-refractivity contribution >= 4 is 6.03 Å². The molecule has 0 spiro atoms. The van der Waals surface area contributed by atoms with Crippen molar-refractivity contribution in [2.75, 3.05) is 13.2 Å². The summed E-state index contributed by atoms with van der Waals surface area (Å²) in [4.78, 5) is 11.6. The van der Waals surface area contributed by atoms with Crippen LogP contribution in [0.5, 0.6) is 5.75 Å². The number of rotatable bonds is 8. The highest BCUT2D eigenvalue weighted by molar-refractivity contribution is 5.74. The van der Waals surface area contributed by atoms with Crippen molar-refractivity contribution in [3.8, 4) is 5.75 Å². The van der Waals surface area contributed by atoms with E-state index in [1.807, 2.05) is 45.0 Å². The Kier molecular flexibility index (Phi) is 7.61. The van der Waals surface area contributed by atoms with E-state index in [1.54, 1.807) is 0 Å². The average Bonchev–Trinajstić information content (AvgIpc) is 2.46. The molecule has 0 saturated heterocycles. The summed E-state index contributed by atoms with van der Waals surface area (Å²) in [6, 6.07) is 7.45. The number of hydrogen-bond donors (Lipinski definition) is 3. The maximum Gasteiger partial charge on any atom is 0.315 e. The maximum atomic E-state index is 11.6. The zero-order valence-corrected chi connectivity index (χ0v) is 13.1. The van der Waals surface area contributed by atoms with E-state index < -0.39 is 0 Å². The zero-order valence-electron chi connectivity index (χ0n) is 13.1. The number of nitrogens with one attached hydrogen (secondary N) is 2. The number of amides is 2. The highest BCUT2D eigenvalue weighted by Gasteiger charge is 2.08. The van der Waals surface area contributed by atoms with Gasteiger partial charge in [0, 0.05) is 6.54 Å². The summed E-state index contributed by atoms with van der Waals surface area (Å²) >= 11 is 0. The highest BCUT2D eigenvalue weighted by Crippen LogP contribution is 2.13. The number of urea groups is 1. The Hall–Kier alpha value is -1.75. The van der Waals surface area contributed by atoms with Gasteiger partial charge in [-0.2, -0.15) is 0 Å². The van der Waals surface area contributed by atoms with Crippen molar-refractivity contribution in [2.45, 2.75) is 45.8 Å². The molecule has 0 aliphatic carbocycles. The first-order valence-corrected chi connectivity index (χ1v) is 7.46. The van der Waals surface area contributed by atoms with Crippen LogP contribution >= 0.6 is 0 Å². The molecule has 1 aromatic rings. The third kappa shape index (κ3) is 6.99. The Bertz CT molecular complexity index is 414. The van der Waals surface area contributed by atoms with Crippen molar-refractivity contribution in [1.82, 2.24) is 10.6 Å². The Balaban J connectivity index is 2.30. The van der Waals surface area contributed by atoms with Crippen LogP contribution in [-0.2, 0) is 6.42 Å². The quantitative estimate of drug-likeness (QED) is 0.687. The summed E-state index contributed by atoms with van der Waals surface area (Å²) in [6.45, 7) is 6.42. The van der Waals surface area contributed by atoms with Crippen LogP contribution in [0, 0.1) is 0 Å². The third-order valence-electron chi connectivity index (χ3n) is 3.04. The Morgan fingerprint density at radius 1 is 1.29 bits per heavy atom. The number of benzene rings is 1. The van der Waals surface area contributed by atoms with Gasteiger partial charge in [-0.1, -0.05) is 19.1 Å². The molecular weight excluding hydrogens is 268 g/mol. The van der Waals surface area contributed by atoms with Crippen LogP contribution in [0.1, 0.15) is 32.8 Å². The fraction of sp³-hybridized carbons (Fsp3) is 0.562. The van der Waals surface area contributed by atoms with Crippen LogP contribution < -0.4 is 15.4 Å². The molecule has 1 aromatic carbocycles. The van der Waals surface area contributed by atoms with E-state index in [-0.39, 0.29) is 24.8 Å². The van der Waals surface area contributed by atoms with E-state index in [4.69, 9.17) is 9.84 Å². The summed E-state index contributed by atoms with van der Waals surface area (Å²) < 4.78 is 5.58. The van der Waals surface area contributed by atoms with E-state index >= 15 is 0 Å². The van der Waals surface area contributed by atoms with Gasteiger partial charge in [-0.05, 0) is 44.4 Å². The van der Waals surface area contributed by atoms with E-state index in [0.717, 1.165) is 17.7 Å².